The van der Waals surface area contributed by atoms with Gasteiger partial charge < -0.3 is 20.1 Å². The zero-order chi connectivity index (χ0) is 12.3. The minimum atomic E-state index is -1.03. The van der Waals surface area contributed by atoms with Crippen LogP contribution in [0.1, 0.15) is 0 Å². The number of hydrogen-bond acceptors (Lipinski definition) is 4. The molecule has 0 aliphatic carbocycles. The van der Waals surface area contributed by atoms with Crippen LogP contribution in [-0.4, -0.2) is 78.9 Å². The molecule has 1 atom stereocenters. The van der Waals surface area contributed by atoms with Gasteiger partial charge in [0.2, 0.25) is 5.91 Å². The van der Waals surface area contributed by atoms with Gasteiger partial charge in [-0.2, -0.15) is 0 Å². The molecule has 0 saturated carbocycles. The van der Waals surface area contributed by atoms with Crippen LogP contribution < -0.4 is 5.32 Å². The highest BCUT2D eigenvalue weighted by Gasteiger charge is 2.35. The summed E-state index contributed by atoms with van der Waals surface area (Å²) in [5.41, 5.74) is 0. The number of hydrogen-bond donors (Lipinski definition) is 2. The first-order chi connectivity index (χ1) is 8.20. The van der Waals surface area contributed by atoms with Crippen LogP contribution in [0.15, 0.2) is 0 Å². The Kier molecular flexibility index (Phi) is 3.80. The third-order valence-corrected chi connectivity index (χ3v) is 3.10. The number of ether oxygens (including phenoxy) is 1. The van der Waals surface area contributed by atoms with Crippen molar-refractivity contribution in [3.8, 4) is 0 Å². The molecule has 17 heavy (non-hydrogen) atoms. The summed E-state index contributed by atoms with van der Waals surface area (Å²) < 4.78 is 5.17. The maximum Gasteiger partial charge on any atom is 0.408 e. The third-order valence-electron chi connectivity index (χ3n) is 3.10. The van der Waals surface area contributed by atoms with Crippen LogP contribution in [0, 0.1) is 0 Å². The summed E-state index contributed by atoms with van der Waals surface area (Å²) in [5, 5.41) is 12.1. The number of carbonyl (C=O) groups is 2. The van der Waals surface area contributed by atoms with E-state index in [2.05, 4.69) is 5.32 Å². The van der Waals surface area contributed by atoms with Gasteiger partial charge in [-0.15, -0.1) is 0 Å². The summed E-state index contributed by atoms with van der Waals surface area (Å²) in [4.78, 5) is 26.1. The summed E-state index contributed by atoms with van der Waals surface area (Å²) in [6.07, 6.45) is -1.03. The van der Waals surface area contributed by atoms with Crippen LogP contribution >= 0.6 is 0 Å². The van der Waals surface area contributed by atoms with Gasteiger partial charge in [0, 0.05) is 32.7 Å². The van der Waals surface area contributed by atoms with Crippen LogP contribution in [0.25, 0.3) is 0 Å². The van der Waals surface area contributed by atoms with Crippen molar-refractivity contribution in [2.45, 2.75) is 6.04 Å². The van der Waals surface area contributed by atoms with Gasteiger partial charge in [-0.1, -0.05) is 0 Å². The topological polar surface area (TPSA) is 82.1 Å². The van der Waals surface area contributed by atoms with Crippen molar-refractivity contribution in [3.05, 3.63) is 0 Å². The number of nitrogens with zero attached hydrogens (tertiary/aromatic N) is 2. The number of rotatable bonds is 1. The number of nitrogens with one attached hydrogen (secondary N) is 1. The molecule has 2 aliphatic heterocycles. The lowest BCUT2D eigenvalue weighted by atomic mass is 10.1. The minimum Gasteiger partial charge on any atom is -0.465 e. The number of piperazine rings is 1. The fraction of sp³-hybridized carbons (Fsp3) is 0.800. The first-order valence-corrected chi connectivity index (χ1v) is 5.77. The highest BCUT2D eigenvalue weighted by molar-refractivity contribution is 5.86. The molecule has 1 unspecified atom stereocenters. The zero-order valence-corrected chi connectivity index (χ0v) is 9.59. The Balaban J connectivity index is 2.02. The molecule has 0 radical (unpaired) electrons. The van der Waals surface area contributed by atoms with Crippen LogP contribution in [0.4, 0.5) is 4.79 Å². The van der Waals surface area contributed by atoms with Crippen LogP contribution in [0.3, 0.4) is 0 Å². The Hall–Kier alpha value is -1.34. The SMILES string of the molecule is O=C(C1CNCCN1C(=O)O)N1CCOCC1. The van der Waals surface area contributed by atoms with E-state index in [1.165, 1.54) is 4.90 Å². The van der Waals surface area contributed by atoms with E-state index in [0.717, 1.165) is 0 Å². The average molecular weight is 243 g/mol. The van der Waals surface area contributed by atoms with E-state index in [1.807, 2.05) is 0 Å². The molecule has 0 spiro atoms. The van der Waals surface area contributed by atoms with E-state index in [0.29, 0.717) is 45.9 Å². The normalized spacial score (nSPS) is 25.8. The fourth-order valence-electron chi connectivity index (χ4n) is 2.15. The Labute approximate surface area is 99.3 Å². The van der Waals surface area contributed by atoms with Crippen molar-refractivity contribution in [3.63, 3.8) is 0 Å². The lowest BCUT2D eigenvalue weighted by molar-refractivity contribution is -0.141. The molecular weight excluding hydrogens is 226 g/mol. The average Bonchev–Trinajstić information content (AvgIpc) is 2.39. The summed E-state index contributed by atoms with van der Waals surface area (Å²) in [6, 6.07) is -0.598. The van der Waals surface area contributed by atoms with E-state index in [9.17, 15) is 9.59 Å². The predicted molar refractivity (Wildman–Crippen MR) is 58.8 cm³/mol. The molecule has 2 heterocycles. The summed E-state index contributed by atoms with van der Waals surface area (Å²) in [5.74, 6) is -0.122. The molecule has 0 aromatic carbocycles. The molecule has 0 bridgehead atoms. The van der Waals surface area contributed by atoms with Gasteiger partial charge in [-0.3, -0.25) is 9.69 Å². The first kappa shape index (κ1) is 12.1. The van der Waals surface area contributed by atoms with Crippen LogP contribution in [0.5, 0.6) is 0 Å². The van der Waals surface area contributed by atoms with Crippen molar-refractivity contribution in [1.29, 1.82) is 0 Å². The van der Waals surface area contributed by atoms with Crippen LogP contribution in [-0.2, 0) is 9.53 Å². The number of carbonyl (C=O) groups excluding carboxylic acids is 1. The molecule has 2 rings (SSSR count). The van der Waals surface area contributed by atoms with Crippen molar-refractivity contribution in [2.24, 2.45) is 0 Å². The zero-order valence-electron chi connectivity index (χ0n) is 9.59. The number of morpholine rings is 1. The van der Waals surface area contributed by atoms with Gasteiger partial charge in [0.15, 0.2) is 0 Å². The van der Waals surface area contributed by atoms with Gasteiger partial charge in [0.1, 0.15) is 6.04 Å². The quantitative estimate of drug-likeness (QED) is 0.604. The fourth-order valence-corrected chi connectivity index (χ4v) is 2.15. The van der Waals surface area contributed by atoms with Crippen LogP contribution in [0.2, 0.25) is 0 Å². The molecule has 7 nitrogen and oxygen atoms in total. The predicted octanol–water partition coefficient (Wildman–Crippen LogP) is -1.20. The molecular formula is C10H17N3O4. The van der Waals surface area contributed by atoms with Gasteiger partial charge in [-0.05, 0) is 0 Å². The van der Waals surface area contributed by atoms with Crippen molar-refractivity contribution in [2.75, 3.05) is 45.9 Å². The van der Waals surface area contributed by atoms with Crippen molar-refractivity contribution >= 4 is 12.0 Å². The third kappa shape index (κ3) is 2.67. The van der Waals surface area contributed by atoms with Gasteiger partial charge >= 0.3 is 6.09 Å². The standard InChI is InChI=1S/C10H17N3O4/c14-9(12-3-5-17-6-4-12)8-7-11-1-2-13(8)10(15)16/h8,11H,1-7H2,(H,15,16). The van der Waals surface area contributed by atoms with E-state index >= 15 is 0 Å². The molecule has 96 valence electrons. The number of amides is 2. The second-order valence-electron chi connectivity index (χ2n) is 4.13. The van der Waals surface area contributed by atoms with E-state index in [1.54, 1.807) is 4.90 Å². The maximum absolute atomic E-state index is 12.2. The highest BCUT2D eigenvalue weighted by Crippen LogP contribution is 2.09. The highest BCUT2D eigenvalue weighted by atomic mass is 16.5. The minimum absolute atomic E-state index is 0.122. The van der Waals surface area contributed by atoms with E-state index < -0.39 is 12.1 Å². The molecule has 2 aliphatic rings. The Morgan fingerprint density at radius 2 is 1.94 bits per heavy atom. The summed E-state index contributed by atoms with van der Waals surface area (Å²) >= 11 is 0. The largest absolute Gasteiger partial charge is 0.465 e. The number of carboxylic acid groups (broad SMARTS) is 1. The van der Waals surface area contributed by atoms with Crippen molar-refractivity contribution < 1.29 is 19.4 Å². The van der Waals surface area contributed by atoms with E-state index in [4.69, 9.17) is 9.84 Å². The smallest absolute Gasteiger partial charge is 0.408 e. The molecule has 2 N–H and O–H groups in total. The molecule has 0 aromatic heterocycles. The summed E-state index contributed by atoms with van der Waals surface area (Å²) in [6.45, 7) is 3.49. The van der Waals surface area contributed by atoms with Gasteiger partial charge in [-0.25, -0.2) is 4.79 Å². The summed E-state index contributed by atoms with van der Waals surface area (Å²) in [7, 11) is 0. The monoisotopic (exact) mass is 243 g/mol. The maximum atomic E-state index is 12.2. The van der Waals surface area contributed by atoms with E-state index in [-0.39, 0.29) is 5.91 Å². The molecule has 2 saturated heterocycles. The Morgan fingerprint density at radius 1 is 1.24 bits per heavy atom. The Morgan fingerprint density at radius 3 is 2.59 bits per heavy atom. The lowest BCUT2D eigenvalue weighted by Crippen LogP contribution is -2.61. The Bertz CT molecular complexity index is 304. The lowest BCUT2D eigenvalue weighted by Gasteiger charge is -2.37. The molecule has 2 amide bonds. The molecule has 7 heteroatoms. The second kappa shape index (κ2) is 5.33. The first-order valence-electron chi connectivity index (χ1n) is 5.77. The second-order valence-corrected chi connectivity index (χ2v) is 4.13. The molecule has 0 aromatic rings. The van der Waals surface area contributed by atoms with Gasteiger partial charge in [0.05, 0.1) is 13.2 Å². The molecule has 2 fully saturated rings. The van der Waals surface area contributed by atoms with Gasteiger partial charge in [0.25, 0.3) is 0 Å². The van der Waals surface area contributed by atoms with Crippen molar-refractivity contribution in [1.82, 2.24) is 15.1 Å².